The number of rotatable bonds is 4. The smallest absolute Gasteiger partial charge is 0.269 e. The molecule has 0 atom stereocenters. The first kappa shape index (κ1) is 16.5. The zero-order chi connectivity index (χ0) is 15.6. The number of hydrogen-bond acceptors (Lipinski definition) is 3. The van der Waals surface area contributed by atoms with Crippen LogP contribution in [-0.2, 0) is 4.79 Å². The predicted octanol–water partition coefficient (Wildman–Crippen LogP) is 2.15. The molecular weight excluding hydrogens is 278 g/mol. The van der Waals surface area contributed by atoms with Gasteiger partial charge in [0.1, 0.15) is 0 Å². The Balaban J connectivity index is 1.66. The van der Waals surface area contributed by atoms with Gasteiger partial charge in [-0.15, -0.1) is 0 Å². The summed E-state index contributed by atoms with van der Waals surface area (Å²) in [5.74, 6) is -0.522. The lowest BCUT2D eigenvalue weighted by Gasteiger charge is -2.20. The fourth-order valence-electron chi connectivity index (χ4n) is 2.73. The Bertz CT molecular complexity index is 468. The third kappa shape index (κ3) is 5.85. The molecule has 0 heterocycles. The highest BCUT2D eigenvalue weighted by atomic mass is 16.2. The number of carbonyl (C=O) groups is 2. The summed E-state index contributed by atoms with van der Waals surface area (Å²) in [7, 11) is 0. The van der Waals surface area contributed by atoms with Crippen LogP contribution in [0.2, 0.25) is 0 Å². The largest absolute Gasteiger partial charge is 0.306 e. The molecule has 120 valence electrons. The van der Waals surface area contributed by atoms with Gasteiger partial charge in [-0.3, -0.25) is 20.4 Å². The van der Waals surface area contributed by atoms with Crippen molar-refractivity contribution in [2.75, 3.05) is 6.54 Å². The van der Waals surface area contributed by atoms with Crippen LogP contribution in [0.25, 0.3) is 0 Å². The summed E-state index contributed by atoms with van der Waals surface area (Å²) in [6.07, 6.45) is 8.62. The van der Waals surface area contributed by atoms with E-state index in [9.17, 15) is 9.59 Å². The highest BCUT2D eigenvalue weighted by molar-refractivity contribution is 5.95. The molecule has 3 N–H and O–H groups in total. The zero-order valence-corrected chi connectivity index (χ0v) is 12.9. The van der Waals surface area contributed by atoms with Crippen LogP contribution in [-0.4, -0.2) is 24.4 Å². The number of amides is 2. The van der Waals surface area contributed by atoms with Crippen molar-refractivity contribution in [2.45, 2.75) is 51.0 Å². The molecule has 5 heteroatoms. The lowest BCUT2D eigenvalue weighted by Crippen LogP contribution is -2.47. The van der Waals surface area contributed by atoms with E-state index in [0.29, 0.717) is 11.6 Å². The Kier molecular flexibility index (Phi) is 6.90. The SMILES string of the molecule is O=C(CNC1CCCCCCC1)NNC(=O)c1ccccc1. The van der Waals surface area contributed by atoms with E-state index < -0.39 is 0 Å². The summed E-state index contributed by atoms with van der Waals surface area (Å²) in [5.41, 5.74) is 5.40. The zero-order valence-electron chi connectivity index (χ0n) is 12.9. The van der Waals surface area contributed by atoms with Gasteiger partial charge in [-0.1, -0.05) is 50.3 Å². The third-order valence-corrected chi connectivity index (χ3v) is 4.01. The summed E-state index contributed by atoms with van der Waals surface area (Å²) in [6.45, 7) is 0.236. The molecule has 1 aliphatic carbocycles. The molecule has 22 heavy (non-hydrogen) atoms. The highest BCUT2D eigenvalue weighted by Gasteiger charge is 2.12. The first-order chi connectivity index (χ1) is 10.8. The van der Waals surface area contributed by atoms with Crippen molar-refractivity contribution in [3.63, 3.8) is 0 Å². The van der Waals surface area contributed by atoms with Crippen LogP contribution in [0, 0.1) is 0 Å². The highest BCUT2D eigenvalue weighted by Crippen LogP contribution is 2.16. The number of hydrogen-bond donors (Lipinski definition) is 3. The van der Waals surface area contributed by atoms with E-state index >= 15 is 0 Å². The molecule has 0 spiro atoms. The molecule has 1 aromatic carbocycles. The molecule has 2 amide bonds. The van der Waals surface area contributed by atoms with Crippen LogP contribution < -0.4 is 16.2 Å². The van der Waals surface area contributed by atoms with Gasteiger partial charge in [-0.05, 0) is 25.0 Å². The van der Waals surface area contributed by atoms with Gasteiger partial charge in [0.15, 0.2) is 0 Å². The first-order valence-corrected chi connectivity index (χ1v) is 8.13. The quantitative estimate of drug-likeness (QED) is 0.746. The molecule has 2 rings (SSSR count). The molecule has 0 bridgehead atoms. The van der Waals surface area contributed by atoms with Crippen LogP contribution in [0.1, 0.15) is 55.3 Å². The van der Waals surface area contributed by atoms with Gasteiger partial charge >= 0.3 is 0 Å². The van der Waals surface area contributed by atoms with Gasteiger partial charge in [-0.25, -0.2) is 0 Å². The fourth-order valence-corrected chi connectivity index (χ4v) is 2.73. The molecule has 0 aliphatic heterocycles. The van der Waals surface area contributed by atoms with Gasteiger partial charge in [0.2, 0.25) is 0 Å². The molecule has 1 saturated carbocycles. The summed E-state index contributed by atoms with van der Waals surface area (Å²) in [4.78, 5) is 23.6. The minimum absolute atomic E-state index is 0.216. The van der Waals surface area contributed by atoms with Crippen molar-refractivity contribution in [1.29, 1.82) is 0 Å². The molecular formula is C17H25N3O2. The normalized spacial score (nSPS) is 16.4. The van der Waals surface area contributed by atoms with Crippen molar-refractivity contribution in [1.82, 2.24) is 16.2 Å². The van der Waals surface area contributed by atoms with Crippen molar-refractivity contribution < 1.29 is 9.59 Å². The molecule has 1 aliphatic rings. The minimum Gasteiger partial charge on any atom is -0.306 e. The number of carbonyl (C=O) groups excluding carboxylic acids is 2. The van der Waals surface area contributed by atoms with E-state index in [-0.39, 0.29) is 18.4 Å². The fraction of sp³-hybridized carbons (Fsp3) is 0.529. The summed E-state index contributed by atoms with van der Waals surface area (Å²) in [6, 6.07) is 9.23. The van der Waals surface area contributed by atoms with Gasteiger partial charge in [0, 0.05) is 11.6 Å². The number of hydrazine groups is 1. The maximum absolute atomic E-state index is 11.8. The van der Waals surface area contributed by atoms with Crippen molar-refractivity contribution in [3.8, 4) is 0 Å². The monoisotopic (exact) mass is 303 g/mol. The minimum atomic E-state index is -0.306. The average molecular weight is 303 g/mol. The Labute approximate surface area is 131 Å². The number of nitrogens with one attached hydrogen (secondary N) is 3. The van der Waals surface area contributed by atoms with E-state index in [4.69, 9.17) is 0 Å². The second-order valence-corrected chi connectivity index (χ2v) is 5.79. The molecule has 1 aromatic rings. The summed E-state index contributed by atoms with van der Waals surface area (Å²) in [5, 5.41) is 3.29. The number of benzene rings is 1. The summed E-state index contributed by atoms with van der Waals surface area (Å²) >= 11 is 0. The first-order valence-electron chi connectivity index (χ1n) is 8.13. The molecule has 5 nitrogen and oxygen atoms in total. The molecule has 0 aromatic heterocycles. The third-order valence-electron chi connectivity index (χ3n) is 4.01. The second kappa shape index (κ2) is 9.20. The van der Waals surface area contributed by atoms with Crippen LogP contribution in [0.15, 0.2) is 30.3 Å². The predicted molar refractivity (Wildman–Crippen MR) is 86.2 cm³/mol. The lowest BCUT2D eigenvalue weighted by atomic mass is 9.97. The van der Waals surface area contributed by atoms with E-state index in [1.807, 2.05) is 6.07 Å². The molecule has 1 fully saturated rings. The Morgan fingerprint density at radius 1 is 0.909 bits per heavy atom. The van der Waals surface area contributed by atoms with Crippen LogP contribution >= 0.6 is 0 Å². The Morgan fingerprint density at radius 2 is 1.55 bits per heavy atom. The Hall–Kier alpha value is -1.88. The van der Waals surface area contributed by atoms with Gasteiger partial charge < -0.3 is 5.32 Å². The maximum Gasteiger partial charge on any atom is 0.269 e. The molecule has 0 saturated heterocycles. The van der Waals surface area contributed by atoms with Crippen LogP contribution in [0.4, 0.5) is 0 Å². The summed E-state index contributed by atoms with van der Waals surface area (Å²) < 4.78 is 0. The van der Waals surface area contributed by atoms with Gasteiger partial charge in [0.05, 0.1) is 6.54 Å². The van der Waals surface area contributed by atoms with Gasteiger partial charge in [-0.2, -0.15) is 0 Å². The van der Waals surface area contributed by atoms with Crippen LogP contribution in [0.3, 0.4) is 0 Å². The van der Waals surface area contributed by atoms with Gasteiger partial charge in [0.25, 0.3) is 11.8 Å². The van der Waals surface area contributed by atoms with Crippen molar-refractivity contribution >= 4 is 11.8 Å². The average Bonchev–Trinajstić information content (AvgIpc) is 2.52. The van der Waals surface area contributed by atoms with E-state index in [1.165, 1.54) is 32.1 Å². The lowest BCUT2D eigenvalue weighted by molar-refractivity contribution is -0.121. The van der Waals surface area contributed by atoms with E-state index in [2.05, 4.69) is 16.2 Å². The van der Waals surface area contributed by atoms with Crippen molar-refractivity contribution in [3.05, 3.63) is 35.9 Å². The molecule has 0 radical (unpaired) electrons. The maximum atomic E-state index is 11.8. The topological polar surface area (TPSA) is 70.2 Å². The standard InChI is InChI=1S/C17H25N3O2/c21-16(13-18-15-11-7-2-1-3-8-12-15)19-20-17(22)14-9-5-4-6-10-14/h4-6,9-10,15,18H,1-3,7-8,11-13H2,(H,19,21)(H,20,22). The van der Waals surface area contributed by atoms with E-state index in [0.717, 1.165) is 12.8 Å². The van der Waals surface area contributed by atoms with Crippen LogP contribution in [0.5, 0.6) is 0 Å². The van der Waals surface area contributed by atoms with E-state index in [1.54, 1.807) is 24.3 Å². The second-order valence-electron chi connectivity index (χ2n) is 5.79. The Morgan fingerprint density at radius 3 is 2.23 bits per heavy atom. The van der Waals surface area contributed by atoms with Crippen molar-refractivity contribution in [2.24, 2.45) is 0 Å². The molecule has 0 unspecified atom stereocenters.